The Balaban J connectivity index is 1.59. The van der Waals surface area contributed by atoms with Gasteiger partial charge in [0, 0.05) is 29.9 Å². The summed E-state index contributed by atoms with van der Waals surface area (Å²) in [5, 5.41) is 6.62. The number of hydrogen-bond acceptors (Lipinski definition) is 4. The molecule has 0 atom stereocenters. The molecule has 6 nitrogen and oxygen atoms in total. The number of nitrogens with two attached hydrogens (primary N) is 2. The average molecular weight is 440 g/mol. The molecule has 3 aromatic carbocycles. The Morgan fingerprint density at radius 2 is 1.64 bits per heavy atom. The zero-order valence-electron chi connectivity index (χ0n) is 18.6. The van der Waals surface area contributed by atoms with Gasteiger partial charge in [0.15, 0.2) is 5.84 Å². The summed E-state index contributed by atoms with van der Waals surface area (Å²) >= 11 is 0. The van der Waals surface area contributed by atoms with Gasteiger partial charge in [0.25, 0.3) is 5.91 Å². The van der Waals surface area contributed by atoms with Gasteiger partial charge in [-0.05, 0) is 60.7 Å². The Kier molecular flexibility index (Phi) is 7.05. The Morgan fingerprint density at radius 1 is 0.879 bits per heavy atom. The Bertz CT molecular complexity index is 1160. The summed E-state index contributed by atoms with van der Waals surface area (Å²) in [6.07, 6.45) is 7.63. The van der Waals surface area contributed by atoms with Gasteiger partial charge in [-0.2, -0.15) is 5.10 Å². The maximum atomic E-state index is 13.1. The number of hydrogen-bond donors (Lipinski definition) is 3. The number of rotatable bonds is 6. The number of nitrogens with one attached hydrogen (secondary N) is 1. The molecular formula is C27H29N5O. The second-order valence-electron chi connectivity index (χ2n) is 8.12. The zero-order valence-corrected chi connectivity index (χ0v) is 18.6. The predicted octanol–water partition coefficient (Wildman–Crippen LogP) is 4.68. The second kappa shape index (κ2) is 10.5. The van der Waals surface area contributed by atoms with Crippen molar-refractivity contribution >= 4 is 35.3 Å². The largest absolute Gasteiger partial charge is 0.382 e. The molecule has 1 saturated heterocycles. The van der Waals surface area contributed by atoms with E-state index in [1.165, 1.54) is 19.3 Å². The monoisotopic (exact) mass is 439 g/mol. The van der Waals surface area contributed by atoms with Crippen LogP contribution in [0.3, 0.4) is 0 Å². The molecule has 0 bridgehead atoms. The molecule has 4 rings (SSSR count). The predicted molar refractivity (Wildman–Crippen MR) is 137 cm³/mol. The SMILES string of the molecule is N/N=C(\N)c1ccc(/C=C/c2ccccc2)cc1NC(=O)c1cccc(N2CCCCC2)c1. The number of carbonyl (C=O) groups is 1. The number of benzene rings is 3. The van der Waals surface area contributed by atoms with Gasteiger partial charge < -0.3 is 21.8 Å². The number of hydrazone groups is 1. The van der Waals surface area contributed by atoms with E-state index in [2.05, 4.69) is 21.4 Å². The van der Waals surface area contributed by atoms with Crippen molar-refractivity contribution in [2.24, 2.45) is 16.7 Å². The Morgan fingerprint density at radius 3 is 2.39 bits per heavy atom. The highest BCUT2D eigenvalue weighted by molar-refractivity contribution is 6.10. The molecule has 0 aromatic heterocycles. The van der Waals surface area contributed by atoms with E-state index in [1.807, 2.05) is 78.9 Å². The van der Waals surface area contributed by atoms with E-state index < -0.39 is 0 Å². The maximum absolute atomic E-state index is 13.1. The number of amides is 1. The van der Waals surface area contributed by atoms with Crippen LogP contribution in [0.25, 0.3) is 12.2 Å². The summed E-state index contributed by atoms with van der Waals surface area (Å²) in [6, 6.07) is 23.4. The van der Waals surface area contributed by atoms with E-state index in [4.69, 9.17) is 11.6 Å². The molecule has 0 aliphatic carbocycles. The minimum absolute atomic E-state index is 0.158. The number of amidine groups is 1. The van der Waals surface area contributed by atoms with Crippen molar-refractivity contribution < 1.29 is 4.79 Å². The summed E-state index contributed by atoms with van der Waals surface area (Å²) in [6.45, 7) is 2.04. The summed E-state index contributed by atoms with van der Waals surface area (Å²) in [7, 11) is 0. The van der Waals surface area contributed by atoms with Crippen LogP contribution < -0.4 is 21.8 Å². The number of anilines is 2. The summed E-state index contributed by atoms with van der Waals surface area (Å²) in [5.74, 6) is 5.37. The number of nitrogens with zero attached hydrogens (tertiary/aromatic N) is 2. The van der Waals surface area contributed by atoms with Gasteiger partial charge in [-0.3, -0.25) is 4.79 Å². The fourth-order valence-corrected chi connectivity index (χ4v) is 4.01. The quantitative estimate of drug-likeness (QED) is 0.171. The number of piperidine rings is 1. The molecule has 6 heteroatoms. The lowest BCUT2D eigenvalue weighted by molar-refractivity contribution is 0.102. The lowest BCUT2D eigenvalue weighted by atomic mass is 10.1. The molecule has 1 aliphatic rings. The summed E-state index contributed by atoms with van der Waals surface area (Å²) < 4.78 is 0. The molecule has 5 N–H and O–H groups in total. The molecule has 33 heavy (non-hydrogen) atoms. The third kappa shape index (κ3) is 5.60. The first-order valence-corrected chi connectivity index (χ1v) is 11.2. The molecule has 1 amide bonds. The van der Waals surface area contributed by atoms with Crippen LogP contribution in [0.15, 0.2) is 77.9 Å². The highest BCUT2D eigenvalue weighted by Gasteiger charge is 2.15. The van der Waals surface area contributed by atoms with E-state index in [9.17, 15) is 4.79 Å². The van der Waals surface area contributed by atoms with Crippen molar-refractivity contribution in [3.63, 3.8) is 0 Å². The third-order valence-electron chi connectivity index (χ3n) is 5.80. The van der Waals surface area contributed by atoms with Crippen LogP contribution in [0.4, 0.5) is 11.4 Å². The molecule has 0 radical (unpaired) electrons. The molecule has 1 aliphatic heterocycles. The standard InChI is InChI=1S/C27H29N5O/c28-26(31-29)24-15-14-21(13-12-20-8-3-1-4-9-20)18-25(24)30-27(33)22-10-7-11-23(19-22)32-16-5-2-6-17-32/h1,3-4,7-15,18-19H,2,5-6,16-17,29H2,(H2,28,31)(H,30,33)/b13-12+. The molecule has 0 spiro atoms. The van der Waals surface area contributed by atoms with Gasteiger partial charge in [-0.1, -0.05) is 54.6 Å². The van der Waals surface area contributed by atoms with Gasteiger partial charge in [0.2, 0.25) is 0 Å². The average Bonchev–Trinajstić information content (AvgIpc) is 2.88. The first-order chi connectivity index (χ1) is 16.1. The normalized spacial score (nSPS) is 14.4. The van der Waals surface area contributed by atoms with Gasteiger partial charge in [-0.25, -0.2) is 0 Å². The van der Waals surface area contributed by atoms with Crippen molar-refractivity contribution in [1.82, 2.24) is 0 Å². The first kappa shape index (κ1) is 22.1. The van der Waals surface area contributed by atoms with Crippen LogP contribution in [0.2, 0.25) is 0 Å². The molecular weight excluding hydrogens is 410 g/mol. The van der Waals surface area contributed by atoms with Crippen LogP contribution in [-0.2, 0) is 0 Å². The van der Waals surface area contributed by atoms with E-state index in [0.717, 1.165) is 29.9 Å². The van der Waals surface area contributed by atoms with E-state index in [-0.39, 0.29) is 11.7 Å². The molecule has 0 unspecified atom stereocenters. The minimum Gasteiger partial charge on any atom is -0.382 e. The Hall–Kier alpha value is -4.06. The number of carbonyl (C=O) groups excluding carboxylic acids is 1. The highest BCUT2D eigenvalue weighted by Crippen LogP contribution is 2.24. The van der Waals surface area contributed by atoms with Crippen molar-refractivity contribution in [1.29, 1.82) is 0 Å². The third-order valence-corrected chi connectivity index (χ3v) is 5.80. The molecule has 168 valence electrons. The van der Waals surface area contributed by atoms with E-state index >= 15 is 0 Å². The zero-order chi connectivity index (χ0) is 23.0. The molecule has 1 fully saturated rings. The summed E-state index contributed by atoms with van der Waals surface area (Å²) in [4.78, 5) is 15.5. The fraction of sp³-hybridized carbons (Fsp3) is 0.185. The molecule has 0 saturated carbocycles. The first-order valence-electron chi connectivity index (χ1n) is 11.2. The maximum Gasteiger partial charge on any atom is 0.255 e. The smallest absolute Gasteiger partial charge is 0.255 e. The highest BCUT2D eigenvalue weighted by atomic mass is 16.1. The topological polar surface area (TPSA) is 96.7 Å². The van der Waals surface area contributed by atoms with Gasteiger partial charge in [0.1, 0.15) is 0 Å². The second-order valence-corrected chi connectivity index (χ2v) is 8.12. The fourth-order valence-electron chi connectivity index (χ4n) is 4.01. The van der Waals surface area contributed by atoms with Crippen molar-refractivity contribution in [2.45, 2.75) is 19.3 Å². The van der Waals surface area contributed by atoms with Crippen molar-refractivity contribution in [3.8, 4) is 0 Å². The van der Waals surface area contributed by atoms with Gasteiger partial charge >= 0.3 is 0 Å². The van der Waals surface area contributed by atoms with Crippen molar-refractivity contribution in [2.75, 3.05) is 23.3 Å². The Labute approximate surface area is 194 Å². The minimum atomic E-state index is -0.205. The van der Waals surface area contributed by atoms with Crippen LogP contribution in [0.1, 0.15) is 46.3 Å². The van der Waals surface area contributed by atoms with Crippen LogP contribution in [0.5, 0.6) is 0 Å². The van der Waals surface area contributed by atoms with Gasteiger partial charge in [0.05, 0.1) is 5.69 Å². The van der Waals surface area contributed by atoms with Crippen molar-refractivity contribution in [3.05, 3.63) is 95.1 Å². The van der Waals surface area contributed by atoms with Gasteiger partial charge in [-0.15, -0.1) is 0 Å². The lowest BCUT2D eigenvalue weighted by Gasteiger charge is -2.29. The van der Waals surface area contributed by atoms with E-state index in [0.29, 0.717) is 16.8 Å². The van der Waals surface area contributed by atoms with E-state index in [1.54, 1.807) is 0 Å². The lowest BCUT2D eigenvalue weighted by Crippen LogP contribution is -2.29. The molecule has 1 heterocycles. The summed E-state index contributed by atoms with van der Waals surface area (Å²) in [5.41, 5.74) is 10.8. The van der Waals surface area contributed by atoms with Crippen LogP contribution in [0, 0.1) is 0 Å². The molecule has 3 aromatic rings. The van der Waals surface area contributed by atoms with Crippen LogP contribution >= 0.6 is 0 Å². The van der Waals surface area contributed by atoms with Crippen LogP contribution in [-0.4, -0.2) is 24.8 Å².